The Morgan fingerprint density at radius 1 is 1.29 bits per heavy atom. The highest BCUT2D eigenvalue weighted by molar-refractivity contribution is 7.11. The topological polar surface area (TPSA) is 34.2 Å². The fourth-order valence-electron chi connectivity index (χ4n) is 2.09. The second kappa shape index (κ2) is 7.57. The number of hydrogen-bond acceptors (Lipinski definition) is 4. The highest BCUT2D eigenvalue weighted by Crippen LogP contribution is 2.21. The van der Waals surface area contributed by atoms with Gasteiger partial charge in [-0.3, -0.25) is 0 Å². The van der Waals surface area contributed by atoms with E-state index in [-0.39, 0.29) is 12.1 Å². The summed E-state index contributed by atoms with van der Waals surface area (Å²) < 4.78 is 5.75. The predicted octanol–water partition coefficient (Wildman–Crippen LogP) is 4.34. The summed E-state index contributed by atoms with van der Waals surface area (Å²) in [6, 6.07) is 8.59. The first-order valence-electron chi connectivity index (χ1n) is 7.52. The average Bonchev–Trinajstić information content (AvgIpc) is 2.92. The van der Waals surface area contributed by atoms with Crippen LogP contribution >= 0.6 is 11.3 Å². The number of hydrogen-bond donors (Lipinski definition) is 1. The van der Waals surface area contributed by atoms with Crippen molar-refractivity contribution in [3.8, 4) is 5.75 Å². The van der Waals surface area contributed by atoms with Gasteiger partial charge in [-0.2, -0.15) is 0 Å². The van der Waals surface area contributed by atoms with Crippen molar-refractivity contribution in [1.82, 2.24) is 10.3 Å². The Morgan fingerprint density at radius 3 is 2.76 bits per heavy atom. The molecule has 0 fully saturated rings. The molecule has 1 aromatic carbocycles. The van der Waals surface area contributed by atoms with Crippen molar-refractivity contribution < 1.29 is 4.74 Å². The summed E-state index contributed by atoms with van der Waals surface area (Å²) in [5, 5.41) is 4.75. The van der Waals surface area contributed by atoms with Crippen LogP contribution in [-0.4, -0.2) is 11.1 Å². The third kappa shape index (κ3) is 4.83. The number of nitrogens with zero attached hydrogens (tertiary/aromatic N) is 1. The molecule has 0 aliphatic rings. The van der Waals surface area contributed by atoms with E-state index in [1.807, 2.05) is 32.2 Å². The Bertz CT molecular complexity index is 565. The summed E-state index contributed by atoms with van der Waals surface area (Å²) in [6.07, 6.45) is 3.18. The van der Waals surface area contributed by atoms with E-state index in [9.17, 15) is 0 Å². The molecule has 1 unspecified atom stereocenters. The molecule has 2 rings (SSSR count). The molecule has 1 atom stereocenters. The second-order valence-electron chi connectivity index (χ2n) is 5.42. The van der Waals surface area contributed by atoms with Gasteiger partial charge < -0.3 is 10.1 Å². The molecule has 0 spiro atoms. The van der Waals surface area contributed by atoms with Crippen molar-refractivity contribution >= 4 is 11.3 Å². The molecule has 1 heterocycles. The standard InChI is InChI=1S/C17H24N2OS/c1-5-17-19-11-16(21-17)10-18-13(4)14-7-6-8-15(9-14)20-12(2)3/h6-9,11-13,18H,5,10H2,1-4H3. The number of aryl methyl sites for hydroxylation is 1. The van der Waals surface area contributed by atoms with Crippen LogP contribution in [0.25, 0.3) is 0 Å². The van der Waals surface area contributed by atoms with Gasteiger partial charge in [0.1, 0.15) is 5.75 Å². The molecular weight excluding hydrogens is 280 g/mol. The van der Waals surface area contributed by atoms with E-state index in [1.165, 1.54) is 15.4 Å². The lowest BCUT2D eigenvalue weighted by atomic mass is 10.1. The van der Waals surface area contributed by atoms with Crippen molar-refractivity contribution in [2.24, 2.45) is 0 Å². The molecule has 4 heteroatoms. The lowest BCUT2D eigenvalue weighted by Gasteiger charge is -2.16. The third-order valence-electron chi connectivity index (χ3n) is 3.22. The number of thiazole rings is 1. The molecule has 21 heavy (non-hydrogen) atoms. The number of ether oxygens (including phenoxy) is 1. The largest absolute Gasteiger partial charge is 0.491 e. The van der Waals surface area contributed by atoms with Crippen molar-refractivity contribution in [3.05, 3.63) is 45.9 Å². The minimum atomic E-state index is 0.202. The Morgan fingerprint density at radius 2 is 2.10 bits per heavy atom. The molecule has 0 aliphatic carbocycles. The summed E-state index contributed by atoms with van der Waals surface area (Å²) >= 11 is 1.78. The zero-order valence-corrected chi connectivity index (χ0v) is 14.0. The maximum absolute atomic E-state index is 5.75. The summed E-state index contributed by atoms with van der Waals surface area (Å²) in [6.45, 7) is 9.26. The van der Waals surface area contributed by atoms with Crippen LogP contribution in [0.3, 0.4) is 0 Å². The average molecular weight is 304 g/mol. The smallest absolute Gasteiger partial charge is 0.120 e. The molecule has 0 radical (unpaired) electrons. The fourth-order valence-corrected chi connectivity index (χ4v) is 2.91. The minimum absolute atomic E-state index is 0.202. The summed E-state index contributed by atoms with van der Waals surface area (Å²) in [4.78, 5) is 5.68. The van der Waals surface area contributed by atoms with Crippen LogP contribution in [0.4, 0.5) is 0 Å². The normalized spacial score (nSPS) is 12.6. The van der Waals surface area contributed by atoms with Gasteiger partial charge in [0, 0.05) is 23.7 Å². The maximum Gasteiger partial charge on any atom is 0.120 e. The summed E-state index contributed by atoms with van der Waals surface area (Å²) in [5.41, 5.74) is 1.24. The minimum Gasteiger partial charge on any atom is -0.491 e. The zero-order chi connectivity index (χ0) is 15.2. The van der Waals surface area contributed by atoms with Gasteiger partial charge in [0.25, 0.3) is 0 Å². The number of nitrogens with one attached hydrogen (secondary N) is 1. The van der Waals surface area contributed by atoms with Gasteiger partial charge in [0.15, 0.2) is 0 Å². The van der Waals surface area contributed by atoms with Crippen LogP contribution in [-0.2, 0) is 13.0 Å². The monoisotopic (exact) mass is 304 g/mol. The van der Waals surface area contributed by atoms with E-state index in [0.717, 1.165) is 18.7 Å². The molecule has 114 valence electrons. The van der Waals surface area contributed by atoms with E-state index in [0.29, 0.717) is 0 Å². The highest BCUT2D eigenvalue weighted by Gasteiger charge is 2.08. The van der Waals surface area contributed by atoms with Crippen LogP contribution in [0.15, 0.2) is 30.5 Å². The van der Waals surface area contributed by atoms with E-state index in [4.69, 9.17) is 4.74 Å². The Labute approximate surface area is 131 Å². The first-order chi connectivity index (χ1) is 10.1. The molecule has 0 saturated heterocycles. The molecule has 0 saturated carbocycles. The van der Waals surface area contributed by atoms with Gasteiger partial charge in [-0.25, -0.2) is 4.98 Å². The van der Waals surface area contributed by atoms with E-state index >= 15 is 0 Å². The van der Waals surface area contributed by atoms with E-state index in [1.54, 1.807) is 11.3 Å². The van der Waals surface area contributed by atoms with Crippen LogP contribution in [0, 0.1) is 0 Å². The first kappa shape index (κ1) is 16.0. The number of rotatable bonds is 7. The molecule has 0 bridgehead atoms. The van der Waals surface area contributed by atoms with Crippen LogP contribution in [0.2, 0.25) is 0 Å². The lowest BCUT2D eigenvalue weighted by molar-refractivity contribution is 0.242. The Kier molecular flexibility index (Phi) is 5.76. The van der Waals surface area contributed by atoms with Crippen LogP contribution in [0.5, 0.6) is 5.75 Å². The van der Waals surface area contributed by atoms with Crippen molar-refractivity contribution in [2.75, 3.05) is 0 Å². The second-order valence-corrected chi connectivity index (χ2v) is 6.62. The van der Waals surface area contributed by atoms with Gasteiger partial charge in [-0.1, -0.05) is 19.1 Å². The van der Waals surface area contributed by atoms with Gasteiger partial charge in [-0.05, 0) is 44.9 Å². The van der Waals surface area contributed by atoms with Gasteiger partial charge >= 0.3 is 0 Å². The van der Waals surface area contributed by atoms with Crippen molar-refractivity contribution in [3.63, 3.8) is 0 Å². The number of benzene rings is 1. The molecular formula is C17H24N2OS. The molecule has 1 aromatic heterocycles. The molecule has 0 aliphatic heterocycles. The lowest BCUT2D eigenvalue weighted by Crippen LogP contribution is -2.17. The predicted molar refractivity (Wildman–Crippen MR) is 89.0 cm³/mol. The SMILES string of the molecule is CCc1ncc(CNC(C)c2cccc(OC(C)C)c2)s1. The fraction of sp³-hybridized carbons (Fsp3) is 0.471. The van der Waals surface area contributed by atoms with Crippen molar-refractivity contribution in [2.45, 2.75) is 52.8 Å². The van der Waals surface area contributed by atoms with Gasteiger partial charge in [0.05, 0.1) is 11.1 Å². The first-order valence-corrected chi connectivity index (χ1v) is 8.33. The van der Waals surface area contributed by atoms with Gasteiger partial charge in [0.2, 0.25) is 0 Å². The van der Waals surface area contributed by atoms with Gasteiger partial charge in [-0.15, -0.1) is 11.3 Å². The maximum atomic E-state index is 5.75. The van der Waals surface area contributed by atoms with E-state index < -0.39 is 0 Å². The van der Waals surface area contributed by atoms with Crippen molar-refractivity contribution in [1.29, 1.82) is 0 Å². The zero-order valence-electron chi connectivity index (χ0n) is 13.2. The highest BCUT2D eigenvalue weighted by atomic mass is 32.1. The Balaban J connectivity index is 1.94. The number of aromatic nitrogens is 1. The molecule has 2 aromatic rings. The molecule has 3 nitrogen and oxygen atoms in total. The summed E-state index contributed by atoms with van der Waals surface area (Å²) in [5.74, 6) is 0.933. The van der Waals surface area contributed by atoms with Crippen LogP contribution < -0.4 is 10.1 Å². The molecule has 1 N–H and O–H groups in total. The van der Waals surface area contributed by atoms with E-state index in [2.05, 4.69) is 36.3 Å². The quantitative estimate of drug-likeness (QED) is 0.826. The van der Waals surface area contributed by atoms with Crippen LogP contribution in [0.1, 0.15) is 49.2 Å². The third-order valence-corrected chi connectivity index (χ3v) is 4.36. The molecule has 0 amide bonds. The Hall–Kier alpha value is -1.39. The summed E-state index contributed by atoms with van der Waals surface area (Å²) in [7, 11) is 0.